The third-order valence-electron chi connectivity index (χ3n) is 3.04. The van der Waals surface area contributed by atoms with Crippen LogP contribution in [0, 0.1) is 5.82 Å². The quantitative estimate of drug-likeness (QED) is 0.422. The zero-order valence-corrected chi connectivity index (χ0v) is 14.8. The van der Waals surface area contributed by atoms with Crippen LogP contribution in [0.15, 0.2) is 40.6 Å². The molecule has 0 atom stereocenters. The van der Waals surface area contributed by atoms with Gasteiger partial charge in [-0.05, 0) is 54.8 Å². The monoisotopic (exact) mass is 367 g/mol. The molecule has 0 bridgehead atoms. The van der Waals surface area contributed by atoms with Gasteiger partial charge in [-0.2, -0.15) is 0 Å². The highest BCUT2D eigenvalue weighted by Crippen LogP contribution is 2.25. The molecule has 0 aliphatic heterocycles. The van der Waals surface area contributed by atoms with Crippen LogP contribution in [0.3, 0.4) is 0 Å². The summed E-state index contributed by atoms with van der Waals surface area (Å²) in [5.41, 5.74) is 0.385. The van der Waals surface area contributed by atoms with E-state index in [4.69, 9.17) is 4.74 Å². The van der Waals surface area contributed by atoms with E-state index in [1.165, 1.54) is 23.5 Å². The number of anilines is 1. The molecule has 0 radical (unpaired) electrons. The first-order valence-electron chi connectivity index (χ1n) is 7.53. The maximum Gasteiger partial charge on any atom is 0.341 e. The van der Waals surface area contributed by atoms with E-state index >= 15 is 0 Å². The fourth-order valence-electron chi connectivity index (χ4n) is 1.92. The summed E-state index contributed by atoms with van der Waals surface area (Å²) in [4.78, 5) is 24.7. The Hall–Kier alpha value is -1.86. The zero-order valence-electron chi connectivity index (χ0n) is 13.2. The van der Waals surface area contributed by atoms with E-state index in [9.17, 15) is 14.0 Å². The molecule has 0 aliphatic rings. The molecule has 1 amide bonds. The predicted molar refractivity (Wildman–Crippen MR) is 95.3 cm³/mol. The molecule has 0 fully saturated rings. The molecule has 7 heteroatoms. The second-order valence-electron chi connectivity index (χ2n) is 4.84. The van der Waals surface area contributed by atoms with Crippen molar-refractivity contribution < 1.29 is 18.7 Å². The van der Waals surface area contributed by atoms with Crippen molar-refractivity contribution in [2.24, 2.45) is 0 Å². The summed E-state index contributed by atoms with van der Waals surface area (Å²) < 4.78 is 17.8. The maximum absolute atomic E-state index is 12.8. The van der Waals surface area contributed by atoms with Gasteiger partial charge >= 0.3 is 5.97 Å². The number of amides is 1. The highest BCUT2D eigenvalue weighted by atomic mass is 32.2. The van der Waals surface area contributed by atoms with Gasteiger partial charge < -0.3 is 10.1 Å². The Morgan fingerprint density at radius 3 is 2.71 bits per heavy atom. The molecule has 1 N–H and O–H groups in total. The Morgan fingerprint density at radius 2 is 2.00 bits per heavy atom. The SMILES string of the molecule is CCOC(=O)c1ccsc1NC(=O)CCCSc1ccc(F)cc1. The van der Waals surface area contributed by atoms with Gasteiger partial charge in [0.1, 0.15) is 10.8 Å². The van der Waals surface area contributed by atoms with Crippen molar-refractivity contribution in [1.29, 1.82) is 0 Å². The number of carbonyl (C=O) groups excluding carboxylic acids is 2. The third kappa shape index (κ3) is 5.65. The summed E-state index contributed by atoms with van der Waals surface area (Å²) in [6.07, 6.45) is 1.04. The summed E-state index contributed by atoms with van der Waals surface area (Å²) in [5, 5.41) is 5.02. The number of hydrogen-bond donors (Lipinski definition) is 1. The van der Waals surface area contributed by atoms with E-state index in [-0.39, 0.29) is 11.7 Å². The highest BCUT2D eigenvalue weighted by molar-refractivity contribution is 7.99. The van der Waals surface area contributed by atoms with Gasteiger partial charge in [0.2, 0.25) is 5.91 Å². The Morgan fingerprint density at radius 1 is 1.25 bits per heavy atom. The van der Waals surface area contributed by atoms with E-state index in [0.29, 0.717) is 30.0 Å². The number of rotatable bonds is 8. The molecule has 2 rings (SSSR count). The average molecular weight is 367 g/mol. The van der Waals surface area contributed by atoms with Crippen LogP contribution in [0.1, 0.15) is 30.1 Å². The number of thioether (sulfide) groups is 1. The third-order valence-corrected chi connectivity index (χ3v) is 4.97. The molecular weight excluding hydrogens is 349 g/mol. The molecule has 2 aromatic rings. The molecule has 128 valence electrons. The van der Waals surface area contributed by atoms with Gasteiger partial charge in [0.15, 0.2) is 0 Å². The van der Waals surface area contributed by atoms with Crippen LogP contribution in [-0.4, -0.2) is 24.2 Å². The number of halogens is 1. The smallest absolute Gasteiger partial charge is 0.341 e. The minimum absolute atomic E-state index is 0.136. The topological polar surface area (TPSA) is 55.4 Å². The summed E-state index contributed by atoms with van der Waals surface area (Å²) in [7, 11) is 0. The van der Waals surface area contributed by atoms with Gasteiger partial charge in [0.05, 0.1) is 12.2 Å². The van der Waals surface area contributed by atoms with Crippen LogP contribution in [0.5, 0.6) is 0 Å². The van der Waals surface area contributed by atoms with Crippen LogP contribution in [0.25, 0.3) is 0 Å². The fraction of sp³-hybridized carbons (Fsp3) is 0.294. The predicted octanol–water partition coefficient (Wildman–Crippen LogP) is 4.57. The molecule has 0 aliphatic carbocycles. The number of benzene rings is 1. The van der Waals surface area contributed by atoms with E-state index < -0.39 is 5.97 Å². The van der Waals surface area contributed by atoms with Gasteiger partial charge in [0, 0.05) is 11.3 Å². The van der Waals surface area contributed by atoms with Crippen molar-refractivity contribution in [3.8, 4) is 0 Å². The summed E-state index contributed by atoms with van der Waals surface area (Å²) in [6, 6.07) is 7.92. The number of thiophene rings is 1. The average Bonchev–Trinajstić information content (AvgIpc) is 3.01. The zero-order chi connectivity index (χ0) is 17.4. The molecule has 1 aromatic carbocycles. The number of hydrogen-bond acceptors (Lipinski definition) is 5. The van der Waals surface area contributed by atoms with E-state index in [1.54, 1.807) is 42.3 Å². The molecule has 1 aromatic heterocycles. The molecule has 0 saturated carbocycles. The van der Waals surface area contributed by atoms with E-state index in [1.807, 2.05) is 0 Å². The van der Waals surface area contributed by atoms with Crippen molar-refractivity contribution in [1.82, 2.24) is 0 Å². The van der Waals surface area contributed by atoms with Crippen molar-refractivity contribution >= 4 is 40.0 Å². The second kappa shape index (κ2) is 9.44. The molecule has 24 heavy (non-hydrogen) atoms. The van der Waals surface area contributed by atoms with Crippen LogP contribution in [0.4, 0.5) is 9.39 Å². The molecule has 0 spiro atoms. The normalized spacial score (nSPS) is 10.4. The van der Waals surface area contributed by atoms with Crippen molar-refractivity contribution in [2.75, 3.05) is 17.7 Å². The lowest BCUT2D eigenvalue weighted by atomic mass is 10.3. The summed E-state index contributed by atoms with van der Waals surface area (Å²) in [5.74, 6) is -0.0653. The maximum atomic E-state index is 12.8. The van der Waals surface area contributed by atoms with Crippen molar-refractivity contribution in [2.45, 2.75) is 24.7 Å². The lowest BCUT2D eigenvalue weighted by Crippen LogP contribution is -2.14. The van der Waals surface area contributed by atoms with Gasteiger partial charge in [-0.25, -0.2) is 9.18 Å². The summed E-state index contributed by atoms with van der Waals surface area (Å²) in [6.45, 7) is 2.03. The first-order chi connectivity index (χ1) is 11.6. The molecule has 0 saturated heterocycles. The fourth-order valence-corrected chi connectivity index (χ4v) is 3.56. The Bertz CT molecular complexity index is 685. The number of esters is 1. The first kappa shape index (κ1) is 18.5. The van der Waals surface area contributed by atoms with E-state index in [2.05, 4.69) is 5.32 Å². The number of nitrogens with one attached hydrogen (secondary N) is 1. The van der Waals surface area contributed by atoms with Gasteiger partial charge in [0.25, 0.3) is 0 Å². The minimum atomic E-state index is -0.430. The molecule has 0 unspecified atom stereocenters. The standard InChI is InChI=1S/C17H18FNO3S2/c1-2-22-17(21)14-9-11-24-16(14)19-15(20)4-3-10-23-13-7-5-12(18)6-8-13/h5-9,11H,2-4,10H2,1H3,(H,19,20). The van der Waals surface area contributed by atoms with Crippen LogP contribution < -0.4 is 5.32 Å². The van der Waals surface area contributed by atoms with E-state index in [0.717, 1.165) is 10.6 Å². The van der Waals surface area contributed by atoms with Crippen LogP contribution >= 0.6 is 23.1 Å². The van der Waals surface area contributed by atoms with Crippen molar-refractivity contribution in [3.63, 3.8) is 0 Å². The molecular formula is C17H18FNO3S2. The Balaban J connectivity index is 1.75. The molecule has 4 nitrogen and oxygen atoms in total. The lowest BCUT2D eigenvalue weighted by molar-refractivity contribution is -0.116. The number of ether oxygens (including phenoxy) is 1. The second-order valence-corrected chi connectivity index (χ2v) is 6.92. The largest absolute Gasteiger partial charge is 0.462 e. The van der Waals surface area contributed by atoms with Crippen LogP contribution in [-0.2, 0) is 9.53 Å². The Labute approximate surface area is 148 Å². The van der Waals surface area contributed by atoms with Crippen molar-refractivity contribution in [3.05, 3.63) is 47.1 Å². The van der Waals surface area contributed by atoms with Gasteiger partial charge in [-0.1, -0.05) is 0 Å². The highest BCUT2D eigenvalue weighted by Gasteiger charge is 2.15. The van der Waals surface area contributed by atoms with Crippen LogP contribution in [0.2, 0.25) is 0 Å². The number of carbonyl (C=O) groups is 2. The minimum Gasteiger partial charge on any atom is -0.462 e. The first-order valence-corrected chi connectivity index (χ1v) is 9.39. The summed E-state index contributed by atoms with van der Waals surface area (Å²) >= 11 is 2.87. The Kier molecular flexibility index (Phi) is 7.27. The van der Waals surface area contributed by atoms with Gasteiger partial charge in [-0.3, -0.25) is 4.79 Å². The lowest BCUT2D eigenvalue weighted by Gasteiger charge is -2.06. The van der Waals surface area contributed by atoms with Gasteiger partial charge in [-0.15, -0.1) is 23.1 Å². The molecule has 1 heterocycles.